The topological polar surface area (TPSA) is 97.8 Å². The Labute approximate surface area is 90.9 Å². The monoisotopic (exact) mass is 218 g/mol. The number of fused-ring (bicyclic) bond motifs is 1. The zero-order chi connectivity index (χ0) is 11.5. The summed E-state index contributed by atoms with van der Waals surface area (Å²) < 4.78 is 0. The van der Waals surface area contributed by atoms with Crippen LogP contribution in [-0.4, -0.2) is 21.4 Å². The number of nitrogens with one attached hydrogen (secondary N) is 1. The third kappa shape index (κ3) is 1.78. The summed E-state index contributed by atoms with van der Waals surface area (Å²) in [5, 5.41) is 11.2. The SMILES string of the molecule is NCC=Cc1cnc2[nH]cc([N+](=O)[O-])c2c1. The molecule has 0 amide bonds. The fourth-order valence-electron chi connectivity index (χ4n) is 1.45. The zero-order valence-electron chi connectivity index (χ0n) is 8.38. The molecule has 0 atom stereocenters. The van der Waals surface area contributed by atoms with Crippen LogP contribution in [0.1, 0.15) is 5.56 Å². The van der Waals surface area contributed by atoms with E-state index in [1.165, 1.54) is 6.20 Å². The molecule has 2 aromatic rings. The van der Waals surface area contributed by atoms with Crippen molar-refractivity contribution in [2.45, 2.75) is 0 Å². The van der Waals surface area contributed by atoms with Gasteiger partial charge in [0.1, 0.15) is 5.65 Å². The van der Waals surface area contributed by atoms with E-state index in [4.69, 9.17) is 5.73 Å². The van der Waals surface area contributed by atoms with Crippen molar-refractivity contribution in [3.05, 3.63) is 40.2 Å². The van der Waals surface area contributed by atoms with E-state index < -0.39 is 4.92 Å². The second-order valence-electron chi connectivity index (χ2n) is 3.23. The minimum Gasteiger partial charge on any atom is -0.340 e. The van der Waals surface area contributed by atoms with Gasteiger partial charge in [-0.1, -0.05) is 12.2 Å². The summed E-state index contributed by atoms with van der Waals surface area (Å²) in [5.41, 5.74) is 6.66. The van der Waals surface area contributed by atoms with Crippen LogP contribution in [0.5, 0.6) is 0 Å². The zero-order valence-corrected chi connectivity index (χ0v) is 8.38. The Bertz CT molecular complexity index is 559. The molecule has 0 aliphatic carbocycles. The van der Waals surface area contributed by atoms with Gasteiger partial charge in [0.05, 0.1) is 16.5 Å². The van der Waals surface area contributed by atoms with Gasteiger partial charge < -0.3 is 10.7 Å². The summed E-state index contributed by atoms with van der Waals surface area (Å²) in [4.78, 5) is 17.1. The van der Waals surface area contributed by atoms with Crippen LogP contribution in [0.2, 0.25) is 0 Å². The molecule has 0 saturated heterocycles. The highest BCUT2D eigenvalue weighted by Crippen LogP contribution is 2.24. The van der Waals surface area contributed by atoms with Gasteiger partial charge in [-0.3, -0.25) is 10.1 Å². The number of rotatable bonds is 3. The van der Waals surface area contributed by atoms with E-state index >= 15 is 0 Å². The van der Waals surface area contributed by atoms with Crippen LogP contribution in [0.3, 0.4) is 0 Å². The Morgan fingerprint density at radius 2 is 2.44 bits per heavy atom. The van der Waals surface area contributed by atoms with Crippen LogP contribution in [0.25, 0.3) is 17.1 Å². The second kappa shape index (κ2) is 4.11. The first-order chi connectivity index (χ1) is 7.72. The maximum absolute atomic E-state index is 10.7. The number of nitrogens with zero attached hydrogens (tertiary/aromatic N) is 2. The lowest BCUT2D eigenvalue weighted by Crippen LogP contribution is -1.92. The highest BCUT2D eigenvalue weighted by atomic mass is 16.6. The van der Waals surface area contributed by atoms with Crippen LogP contribution in [0, 0.1) is 10.1 Å². The van der Waals surface area contributed by atoms with E-state index in [2.05, 4.69) is 9.97 Å². The van der Waals surface area contributed by atoms with E-state index in [0.717, 1.165) is 5.56 Å². The Balaban J connectivity index is 2.54. The van der Waals surface area contributed by atoms with Crippen molar-refractivity contribution in [1.82, 2.24) is 9.97 Å². The largest absolute Gasteiger partial charge is 0.340 e. The molecule has 0 unspecified atom stereocenters. The summed E-state index contributed by atoms with van der Waals surface area (Å²) in [7, 11) is 0. The number of hydrogen-bond acceptors (Lipinski definition) is 4. The standard InChI is InChI=1S/C10H10N4O2/c11-3-1-2-7-4-8-9(14(15)16)6-13-10(8)12-5-7/h1-2,4-6H,3,11H2,(H,12,13). The Hall–Kier alpha value is -2.21. The van der Waals surface area contributed by atoms with Crippen molar-refractivity contribution in [3.8, 4) is 0 Å². The lowest BCUT2D eigenvalue weighted by atomic mass is 10.2. The lowest BCUT2D eigenvalue weighted by molar-refractivity contribution is -0.383. The van der Waals surface area contributed by atoms with Gasteiger partial charge in [0, 0.05) is 12.7 Å². The van der Waals surface area contributed by atoms with E-state index in [-0.39, 0.29) is 5.69 Å². The van der Waals surface area contributed by atoms with Gasteiger partial charge in [-0.05, 0) is 11.6 Å². The highest BCUT2D eigenvalue weighted by Gasteiger charge is 2.14. The summed E-state index contributed by atoms with van der Waals surface area (Å²) in [6.07, 6.45) is 6.52. The number of aromatic amines is 1. The molecule has 0 spiro atoms. The van der Waals surface area contributed by atoms with E-state index in [9.17, 15) is 10.1 Å². The van der Waals surface area contributed by atoms with Crippen LogP contribution >= 0.6 is 0 Å². The first kappa shape index (κ1) is 10.3. The minimum absolute atomic E-state index is 0.0329. The third-order valence-corrected chi connectivity index (χ3v) is 2.17. The number of nitrogens with two attached hydrogens (primary N) is 1. The van der Waals surface area contributed by atoms with Crippen molar-refractivity contribution in [1.29, 1.82) is 0 Å². The average Bonchev–Trinajstić information content (AvgIpc) is 2.69. The van der Waals surface area contributed by atoms with E-state index in [1.807, 2.05) is 0 Å². The summed E-state index contributed by atoms with van der Waals surface area (Å²) >= 11 is 0. The number of H-pyrrole nitrogens is 1. The van der Waals surface area contributed by atoms with E-state index in [1.54, 1.807) is 24.4 Å². The first-order valence-corrected chi connectivity index (χ1v) is 4.70. The number of aromatic nitrogens is 2. The Kier molecular flexibility index (Phi) is 2.65. The average molecular weight is 218 g/mol. The molecule has 0 aliphatic heterocycles. The maximum Gasteiger partial charge on any atom is 0.296 e. The molecule has 0 radical (unpaired) electrons. The minimum atomic E-state index is -0.434. The fraction of sp³-hybridized carbons (Fsp3) is 0.100. The molecule has 0 aliphatic rings. The van der Waals surface area contributed by atoms with Gasteiger partial charge in [0.2, 0.25) is 0 Å². The van der Waals surface area contributed by atoms with Crippen LogP contribution in [0.15, 0.2) is 24.5 Å². The fourth-order valence-corrected chi connectivity index (χ4v) is 1.45. The van der Waals surface area contributed by atoms with Gasteiger partial charge in [0.15, 0.2) is 0 Å². The maximum atomic E-state index is 10.7. The number of nitro groups is 1. The van der Waals surface area contributed by atoms with Gasteiger partial charge in [-0.15, -0.1) is 0 Å². The molecule has 2 rings (SSSR count). The smallest absolute Gasteiger partial charge is 0.296 e. The Morgan fingerprint density at radius 3 is 3.12 bits per heavy atom. The molecule has 2 heterocycles. The molecule has 2 aromatic heterocycles. The van der Waals surface area contributed by atoms with E-state index in [0.29, 0.717) is 17.6 Å². The molecule has 3 N–H and O–H groups in total. The quantitative estimate of drug-likeness (QED) is 0.601. The molecular formula is C10H10N4O2. The summed E-state index contributed by atoms with van der Waals surface area (Å²) in [6, 6.07) is 1.71. The van der Waals surface area contributed by atoms with Crippen molar-refractivity contribution >= 4 is 22.8 Å². The summed E-state index contributed by atoms with van der Waals surface area (Å²) in [6.45, 7) is 0.424. The summed E-state index contributed by atoms with van der Waals surface area (Å²) in [5.74, 6) is 0. The molecule has 0 saturated carbocycles. The molecular weight excluding hydrogens is 208 g/mol. The second-order valence-corrected chi connectivity index (χ2v) is 3.23. The lowest BCUT2D eigenvalue weighted by Gasteiger charge is -1.93. The van der Waals surface area contributed by atoms with Crippen molar-refractivity contribution in [3.63, 3.8) is 0 Å². The molecule has 82 valence electrons. The first-order valence-electron chi connectivity index (χ1n) is 4.70. The van der Waals surface area contributed by atoms with Crippen LogP contribution in [0.4, 0.5) is 5.69 Å². The molecule has 6 nitrogen and oxygen atoms in total. The highest BCUT2D eigenvalue weighted by molar-refractivity contribution is 5.87. The molecule has 16 heavy (non-hydrogen) atoms. The van der Waals surface area contributed by atoms with Crippen LogP contribution in [-0.2, 0) is 0 Å². The predicted molar refractivity (Wildman–Crippen MR) is 60.8 cm³/mol. The van der Waals surface area contributed by atoms with Crippen LogP contribution < -0.4 is 5.73 Å². The molecule has 0 bridgehead atoms. The molecule has 0 fully saturated rings. The van der Waals surface area contributed by atoms with Gasteiger partial charge in [0.25, 0.3) is 5.69 Å². The Morgan fingerprint density at radius 1 is 1.62 bits per heavy atom. The van der Waals surface area contributed by atoms with Crippen molar-refractivity contribution < 1.29 is 4.92 Å². The van der Waals surface area contributed by atoms with Crippen molar-refractivity contribution in [2.75, 3.05) is 6.54 Å². The van der Waals surface area contributed by atoms with Gasteiger partial charge in [-0.2, -0.15) is 0 Å². The molecule has 6 heteroatoms. The normalized spacial score (nSPS) is 11.3. The number of pyridine rings is 1. The van der Waals surface area contributed by atoms with Gasteiger partial charge in [-0.25, -0.2) is 4.98 Å². The third-order valence-electron chi connectivity index (χ3n) is 2.17. The van der Waals surface area contributed by atoms with Gasteiger partial charge >= 0.3 is 0 Å². The van der Waals surface area contributed by atoms with Crippen molar-refractivity contribution in [2.24, 2.45) is 5.73 Å². The molecule has 0 aromatic carbocycles. The predicted octanol–water partition coefficient (Wildman–Crippen LogP) is 1.44. The number of hydrogen-bond donors (Lipinski definition) is 2.